The summed E-state index contributed by atoms with van der Waals surface area (Å²) in [4.78, 5) is 19.6. The Morgan fingerprint density at radius 3 is 2.79 bits per heavy atom. The lowest BCUT2D eigenvalue weighted by Crippen LogP contribution is -2.22. The molecular weight excluding hydrogens is 356 g/mol. The number of H-pyrrole nitrogens is 1. The van der Waals surface area contributed by atoms with Crippen LogP contribution < -0.4 is 5.32 Å². The van der Waals surface area contributed by atoms with Crippen LogP contribution in [0, 0.1) is 11.6 Å². The molecule has 3 rings (SSSR count). The molecule has 1 unspecified atom stereocenters. The Balaban J connectivity index is 1.69. The van der Waals surface area contributed by atoms with Crippen molar-refractivity contribution < 1.29 is 13.6 Å². The van der Waals surface area contributed by atoms with Crippen molar-refractivity contribution in [2.45, 2.75) is 17.3 Å². The summed E-state index contributed by atoms with van der Waals surface area (Å²) < 4.78 is 26.1. The van der Waals surface area contributed by atoms with Crippen molar-refractivity contribution >= 4 is 46.0 Å². The molecule has 2 N–H and O–H groups in total. The number of benzene rings is 2. The molecule has 1 atom stereocenters. The van der Waals surface area contributed by atoms with Crippen LogP contribution in [0.2, 0.25) is 5.02 Å². The third-order valence-electron chi connectivity index (χ3n) is 3.27. The zero-order valence-electron chi connectivity index (χ0n) is 12.4. The fourth-order valence-corrected chi connectivity index (χ4v) is 3.05. The zero-order valence-corrected chi connectivity index (χ0v) is 14.0. The molecule has 124 valence electrons. The van der Waals surface area contributed by atoms with E-state index in [4.69, 9.17) is 11.6 Å². The highest BCUT2D eigenvalue weighted by Gasteiger charge is 2.17. The van der Waals surface area contributed by atoms with Crippen LogP contribution in [0.3, 0.4) is 0 Å². The molecule has 8 heteroatoms. The van der Waals surface area contributed by atoms with Gasteiger partial charge in [0, 0.05) is 16.8 Å². The first-order valence-electron chi connectivity index (χ1n) is 7.00. The lowest BCUT2D eigenvalue weighted by Gasteiger charge is -2.10. The Morgan fingerprint density at radius 2 is 2.04 bits per heavy atom. The van der Waals surface area contributed by atoms with Gasteiger partial charge in [0.1, 0.15) is 0 Å². The molecule has 0 aliphatic carbocycles. The van der Waals surface area contributed by atoms with E-state index in [9.17, 15) is 13.6 Å². The standard InChI is InChI=1S/C16H12ClF2N3OS/c1-8(15(23)20-10-3-4-11(18)12(19)7-10)24-16-21-13-5-2-9(17)6-14(13)22-16/h2-8H,1H3,(H,20,23)(H,21,22). The minimum Gasteiger partial charge on any atom is -0.333 e. The monoisotopic (exact) mass is 367 g/mol. The van der Waals surface area contributed by atoms with E-state index in [0.29, 0.717) is 10.2 Å². The quantitative estimate of drug-likeness (QED) is 0.662. The Bertz CT molecular complexity index is 915. The number of amides is 1. The van der Waals surface area contributed by atoms with Gasteiger partial charge in [-0.2, -0.15) is 0 Å². The maximum absolute atomic E-state index is 13.2. The second kappa shape index (κ2) is 6.78. The van der Waals surface area contributed by atoms with Gasteiger partial charge in [0.2, 0.25) is 5.91 Å². The average Bonchev–Trinajstić information content (AvgIpc) is 2.92. The maximum atomic E-state index is 13.2. The topological polar surface area (TPSA) is 57.8 Å². The maximum Gasteiger partial charge on any atom is 0.237 e. The van der Waals surface area contributed by atoms with E-state index in [1.165, 1.54) is 17.8 Å². The summed E-state index contributed by atoms with van der Waals surface area (Å²) in [5.41, 5.74) is 1.72. The fraction of sp³-hybridized carbons (Fsp3) is 0.125. The van der Waals surface area contributed by atoms with Crippen LogP contribution in [0.1, 0.15) is 6.92 Å². The van der Waals surface area contributed by atoms with E-state index >= 15 is 0 Å². The molecule has 0 fully saturated rings. The van der Waals surface area contributed by atoms with Crippen LogP contribution in [0.15, 0.2) is 41.6 Å². The van der Waals surface area contributed by atoms with Gasteiger partial charge in [0.05, 0.1) is 16.3 Å². The first kappa shape index (κ1) is 16.7. The minimum absolute atomic E-state index is 0.197. The van der Waals surface area contributed by atoms with Crippen molar-refractivity contribution in [1.29, 1.82) is 0 Å². The Morgan fingerprint density at radius 1 is 1.25 bits per heavy atom. The number of nitrogens with zero attached hydrogens (tertiary/aromatic N) is 1. The SMILES string of the molecule is CC(Sc1nc2ccc(Cl)cc2[nH]1)C(=O)Nc1ccc(F)c(F)c1. The number of imidazole rings is 1. The van der Waals surface area contributed by atoms with Gasteiger partial charge >= 0.3 is 0 Å². The number of halogens is 3. The summed E-state index contributed by atoms with van der Waals surface area (Å²) in [6, 6.07) is 8.47. The highest BCUT2D eigenvalue weighted by atomic mass is 35.5. The summed E-state index contributed by atoms with van der Waals surface area (Å²) >= 11 is 7.14. The van der Waals surface area contributed by atoms with Gasteiger partial charge in [-0.25, -0.2) is 13.8 Å². The molecule has 1 aromatic heterocycles. The highest BCUT2D eigenvalue weighted by molar-refractivity contribution is 8.00. The van der Waals surface area contributed by atoms with Crippen LogP contribution in [-0.2, 0) is 4.79 Å². The van der Waals surface area contributed by atoms with Crippen LogP contribution in [0.25, 0.3) is 11.0 Å². The molecule has 1 amide bonds. The normalized spacial score (nSPS) is 12.3. The number of rotatable bonds is 4. The van der Waals surface area contributed by atoms with Crippen molar-refractivity contribution in [3.05, 3.63) is 53.1 Å². The van der Waals surface area contributed by atoms with Gasteiger partial charge in [-0.3, -0.25) is 4.79 Å². The number of nitrogens with one attached hydrogen (secondary N) is 2. The van der Waals surface area contributed by atoms with Gasteiger partial charge in [-0.05, 0) is 37.3 Å². The first-order valence-corrected chi connectivity index (χ1v) is 8.26. The van der Waals surface area contributed by atoms with E-state index in [1.54, 1.807) is 25.1 Å². The molecule has 0 bridgehead atoms. The van der Waals surface area contributed by atoms with Gasteiger partial charge in [-0.15, -0.1) is 0 Å². The molecule has 0 aliphatic rings. The summed E-state index contributed by atoms with van der Waals surface area (Å²) in [5.74, 6) is -2.32. The molecule has 0 aliphatic heterocycles. The lowest BCUT2D eigenvalue weighted by molar-refractivity contribution is -0.115. The Labute approximate surface area is 145 Å². The number of aromatic amines is 1. The third-order valence-corrected chi connectivity index (χ3v) is 4.49. The smallest absolute Gasteiger partial charge is 0.237 e. The number of carbonyl (C=O) groups excluding carboxylic acids is 1. The van der Waals surface area contributed by atoms with Crippen molar-refractivity contribution in [2.75, 3.05) is 5.32 Å². The number of hydrogen-bond acceptors (Lipinski definition) is 3. The van der Waals surface area contributed by atoms with Gasteiger partial charge < -0.3 is 10.3 Å². The first-order chi connectivity index (χ1) is 11.4. The Kier molecular flexibility index (Phi) is 4.73. The predicted octanol–water partition coefficient (Wildman–Crippen LogP) is 4.61. The predicted molar refractivity (Wildman–Crippen MR) is 91.4 cm³/mol. The van der Waals surface area contributed by atoms with Crippen LogP contribution in [0.5, 0.6) is 0 Å². The number of hydrogen-bond donors (Lipinski definition) is 2. The number of aromatic nitrogens is 2. The molecule has 0 radical (unpaired) electrons. The molecule has 2 aromatic carbocycles. The largest absolute Gasteiger partial charge is 0.333 e. The molecule has 4 nitrogen and oxygen atoms in total. The van der Waals surface area contributed by atoms with Gasteiger partial charge in [-0.1, -0.05) is 23.4 Å². The van der Waals surface area contributed by atoms with Crippen LogP contribution in [-0.4, -0.2) is 21.1 Å². The average molecular weight is 368 g/mol. The van der Waals surface area contributed by atoms with Gasteiger partial charge in [0.25, 0.3) is 0 Å². The lowest BCUT2D eigenvalue weighted by atomic mass is 10.3. The number of anilines is 1. The number of fused-ring (bicyclic) bond motifs is 1. The van der Waals surface area contributed by atoms with Gasteiger partial charge in [0.15, 0.2) is 16.8 Å². The van der Waals surface area contributed by atoms with E-state index in [1.807, 2.05) is 0 Å². The summed E-state index contributed by atoms with van der Waals surface area (Å²) in [6.07, 6.45) is 0. The second-order valence-electron chi connectivity index (χ2n) is 5.08. The van der Waals surface area contributed by atoms with Crippen molar-refractivity contribution in [1.82, 2.24) is 9.97 Å². The molecule has 1 heterocycles. The highest BCUT2D eigenvalue weighted by Crippen LogP contribution is 2.26. The van der Waals surface area contributed by atoms with Crippen molar-refractivity contribution in [3.63, 3.8) is 0 Å². The molecule has 0 saturated carbocycles. The second-order valence-corrected chi connectivity index (χ2v) is 6.85. The molecule has 24 heavy (non-hydrogen) atoms. The van der Waals surface area contributed by atoms with E-state index in [-0.39, 0.29) is 11.6 Å². The minimum atomic E-state index is -1.01. The van der Waals surface area contributed by atoms with E-state index in [0.717, 1.165) is 23.2 Å². The number of thioether (sulfide) groups is 1. The summed E-state index contributed by atoms with van der Waals surface area (Å²) in [5, 5.41) is 3.21. The van der Waals surface area contributed by atoms with Crippen molar-refractivity contribution in [2.24, 2.45) is 0 Å². The molecule has 3 aromatic rings. The van der Waals surface area contributed by atoms with Crippen LogP contribution >= 0.6 is 23.4 Å². The molecule has 0 spiro atoms. The fourth-order valence-electron chi connectivity index (χ4n) is 2.05. The van der Waals surface area contributed by atoms with E-state index < -0.39 is 16.9 Å². The molecular formula is C16H12ClF2N3OS. The van der Waals surface area contributed by atoms with E-state index in [2.05, 4.69) is 15.3 Å². The van der Waals surface area contributed by atoms with Crippen LogP contribution in [0.4, 0.5) is 14.5 Å². The van der Waals surface area contributed by atoms with Crippen molar-refractivity contribution in [3.8, 4) is 0 Å². The summed E-state index contributed by atoms with van der Waals surface area (Å²) in [6.45, 7) is 1.69. The number of carbonyl (C=O) groups is 1. The molecule has 0 saturated heterocycles. The zero-order chi connectivity index (χ0) is 17.3. The summed E-state index contributed by atoms with van der Waals surface area (Å²) in [7, 11) is 0. The Hall–Kier alpha value is -2.12. The third kappa shape index (κ3) is 3.68.